The predicted molar refractivity (Wildman–Crippen MR) is 153 cm³/mol. The second-order valence-corrected chi connectivity index (χ2v) is 15.7. The molecule has 0 aromatic heterocycles. The smallest absolute Gasteiger partial charge is 0.0845 e. The lowest BCUT2D eigenvalue weighted by Gasteiger charge is -2.35. The van der Waals surface area contributed by atoms with Crippen LogP contribution in [0.5, 0.6) is 0 Å². The zero-order valence-corrected chi connectivity index (χ0v) is 25.1. The molecule has 0 N–H and O–H groups in total. The summed E-state index contributed by atoms with van der Waals surface area (Å²) in [5.74, 6) is 4.55. The molecule has 0 aromatic rings. The van der Waals surface area contributed by atoms with Crippen molar-refractivity contribution in [3.63, 3.8) is 0 Å². The number of hydrogen-bond acceptors (Lipinski definition) is 7. The van der Waals surface area contributed by atoms with Crippen molar-refractivity contribution in [1.82, 2.24) is 0 Å². The quantitative estimate of drug-likeness (QED) is 0.235. The van der Waals surface area contributed by atoms with Gasteiger partial charge in [-0.25, -0.2) is 0 Å². The van der Waals surface area contributed by atoms with Crippen molar-refractivity contribution in [2.24, 2.45) is 40.9 Å². The van der Waals surface area contributed by atoms with Gasteiger partial charge in [-0.05, 0) is 119 Å². The van der Waals surface area contributed by atoms with Crippen LogP contribution in [0.1, 0.15) is 83.5 Å². The highest BCUT2D eigenvalue weighted by atomic mass is 16.6. The Balaban J connectivity index is 0.883. The Morgan fingerprint density at radius 1 is 0.390 bits per heavy atom. The summed E-state index contributed by atoms with van der Waals surface area (Å²) in [5.41, 5.74) is -0.273. The molecule has 0 radical (unpaired) electrons. The van der Waals surface area contributed by atoms with Gasteiger partial charge >= 0.3 is 0 Å². The fourth-order valence-electron chi connectivity index (χ4n) is 9.03. The van der Waals surface area contributed by atoms with Crippen LogP contribution in [-0.4, -0.2) is 89.5 Å². The molecule has 7 heteroatoms. The number of hydrogen-bond donors (Lipinski definition) is 0. The van der Waals surface area contributed by atoms with E-state index in [1.165, 1.54) is 64.2 Å². The minimum atomic E-state index is -0.273. The second kappa shape index (κ2) is 12.3. The van der Waals surface area contributed by atoms with Gasteiger partial charge in [0.2, 0.25) is 0 Å². The molecule has 7 nitrogen and oxygen atoms in total. The fraction of sp³-hybridized carbons (Fsp3) is 1.00. The topological polar surface area (TPSA) is 74.5 Å². The maximum atomic E-state index is 6.60. The molecule has 8 fully saturated rings. The summed E-state index contributed by atoms with van der Waals surface area (Å²) in [7, 11) is 0. The lowest BCUT2D eigenvalue weighted by atomic mass is 9.88. The summed E-state index contributed by atoms with van der Waals surface area (Å²) in [6, 6.07) is 0. The normalized spacial score (nSPS) is 46.8. The van der Waals surface area contributed by atoms with Crippen LogP contribution in [0.2, 0.25) is 0 Å². The van der Waals surface area contributed by atoms with Crippen LogP contribution in [0.3, 0.4) is 0 Å². The van der Waals surface area contributed by atoms with E-state index in [9.17, 15) is 0 Å². The van der Waals surface area contributed by atoms with Crippen LogP contribution in [0, 0.1) is 40.9 Å². The van der Waals surface area contributed by atoms with Crippen molar-refractivity contribution in [3.05, 3.63) is 0 Å². The van der Waals surface area contributed by atoms with E-state index in [4.69, 9.17) is 33.2 Å². The lowest BCUT2D eigenvalue weighted by Crippen LogP contribution is -2.43. The van der Waals surface area contributed by atoms with E-state index < -0.39 is 0 Å². The van der Waals surface area contributed by atoms with E-state index in [1.807, 2.05) is 0 Å². The number of fused-ring (bicyclic) bond motifs is 4. The van der Waals surface area contributed by atoms with Crippen LogP contribution in [0.25, 0.3) is 0 Å². The van der Waals surface area contributed by atoms with Crippen molar-refractivity contribution in [1.29, 1.82) is 0 Å². The largest absolute Gasteiger partial charge is 0.380 e. The van der Waals surface area contributed by atoms with Crippen LogP contribution >= 0.6 is 0 Å². The number of ether oxygens (including phenoxy) is 7. The Kier molecular flexibility index (Phi) is 8.43. The Morgan fingerprint density at radius 3 is 1.17 bits per heavy atom. The molecular formula is C34H54O7. The molecule has 232 valence electrons. The number of rotatable bonds is 16. The van der Waals surface area contributed by atoms with Crippen molar-refractivity contribution in [3.8, 4) is 0 Å². The summed E-state index contributed by atoms with van der Waals surface area (Å²) in [6.45, 7) is 5.90. The first-order chi connectivity index (χ1) is 20.2. The van der Waals surface area contributed by atoms with Gasteiger partial charge in [-0.3, -0.25) is 0 Å². The molecule has 0 bridgehead atoms. The molecule has 3 heterocycles. The molecule has 41 heavy (non-hydrogen) atoms. The van der Waals surface area contributed by atoms with Gasteiger partial charge < -0.3 is 33.2 Å². The molecule has 5 saturated carbocycles. The number of epoxide rings is 3. The maximum absolute atomic E-state index is 6.60. The Bertz CT molecular complexity index is 742. The lowest BCUT2D eigenvalue weighted by molar-refractivity contribution is -0.121. The summed E-state index contributed by atoms with van der Waals surface area (Å²) < 4.78 is 43.7. The molecule has 5 aliphatic carbocycles. The molecule has 12 unspecified atom stereocenters. The van der Waals surface area contributed by atoms with Crippen LogP contribution in [0.15, 0.2) is 0 Å². The Morgan fingerprint density at radius 2 is 0.780 bits per heavy atom. The molecule has 0 amide bonds. The molecule has 8 rings (SSSR count). The monoisotopic (exact) mass is 574 g/mol. The molecule has 12 atom stereocenters. The third kappa shape index (κ3) is 7.34. The molecule has 8 aliphatic rings. The van der Waals surface area contributed by atoms with E-state index in [-0.39, 0.29) is 5.41 Å². The van der Waals surface area contributed by atoms with Gasteiger partial charge in [-0.15, -0.1) is 0 Å². The highest BCUT2D eigenvalue weighted by molar-refractivity contribution is 4.95. The van der Waals surface area contributed by atoms with Crippen LogP contribution in [-0.2, 0) is 33.2 Å². The average molecular weight is 575 g/mol. The summed E-state index contributed by atoms with van der Waals surface area (Å²) >= 11 is 0. The van der Waals surface area contributed by atoms with E-state index in [0.29, 0.717) is 80.8 Å². The average Bonchev–Trinajstić information content (AvgIpc) is 3.81. The third-order valence-electron chi connectivity index (χ3n) is 12.0. The molecule has 0 aromatic carbocycles. The van der Waals surface area contributed by atoms with Gasteiger partial charge in [0.15, 0.2) is 0 Å². The molecule has 3 aliphatic heterocycles. The fourth-order valence-corrected chi connectivity index (χ4v) is 9.03. The van der Waals surface area contributed by atoms with Gasteiger partial charge in [-0.2, -0.15) is 0 Å². The Labute approximate surface area is 247 Å². The molecular weight excluding hydrogens is 520 g/mol. The molecule has 0 spiro atoms. The van der Waals surface area contributed by atoms with Crippen LogP contribution in [0.4, 0.5) is 0 Å². The first-order valence-electron chi connectivity index (χ1n) is 17.5. The highest BCUT2D eigenvalue weighted by Gasteiger charge is 2.47. The standard InChI is InChI=1S/C34H54O7/c1-5-26-13-27(26)9-22(1)14-35-18-34(19-36-15-23-2-6-28-31(10-23)39-28,20-37-16-24-3-7-29-32(11-24)40-29)21-38-17-25-4-8-30-33(12-25)41-30/h22-33H,1-21H2. The van der Waals surface area contributed by atoms with Gasteiger partial charge in [-0.1, -0.05) is 0 Å². The third-order valence-corrected chi connectivity index (χ3v) is 12.0. The van der Waals surface area contributed by atoms with Crippen molar-refractivity contribution in [2.75, 3.05) is 52.9 Å². The SMILES string of the molecule is C1CC2CC2CC1COCC(COCC1CCC2OC2C1)(COCC1CCC2OC2C1)COCC1CCC2OC2C1. The molecule has 3 saturated heterocycles. The Hall–Kier alpha value is -0.280. The zero-order valence-electron chi connectivity index (χ0n) is 25.1. The zero-order chi connectivity index (χ0) is 27.2. The summed E-state index contributed by atoms with van der Waals surface area (Å²) in [4.78, 5) is 0. The van der Waals surface area contributed by atoms with Crippen molar-refractivity contribution < 1.29 is 33.2 Å². The van der Waals surface area contributed by atoms with Crippen molar-refractivity contribution >= 4 is 0 Å². The van der Waals surface area contributed by atoms with E-state index in [1.54, 1.807) is 0 Å². The van der Waals surface area contributed by atoms with Gasteiger partial charge in [0.25, 0.3) is 0 Å². The van der Waals surface area contributed by atoms with Crippen molar-refractivity contribution in [2.45, 2.75) is 120 Å². The van der Waals surface area contributed by atoms with Gasteiger partial charge in [0.1, 0.15) is 0 Å². The van der Waals surface area contributed by atoms with E-state index >= 15 is 0 Å². The second-order valence-electron chi connectivity index (χ2n) is 15.7. The minimum absolute atomic E-state index is 0.273. The van der Waals surface area contributed by atoms with E-state index in [2.05, 4.69) is 0 Å². The first kappa shape index (κ1) is 28.2. The van der Waals surface area contributed by atoms with Crippen LogP contribution < -0.4 is 0 Å². The highest BCUT2D eigenvalue weighted by Crippen LogP contribution is 2.51. The summed E-state index contributed by atoms with van der Waals surface area (Å²) in [5, 5.41) is 0. The maximum Gasteiger partial charge on any atom is 0.0845 e. The van der Waals surface area contributed by atoms with E-state index in [0.717, 1.165) is 63.4 Å². The predicted octanol–water partition coefficient (Wildman–Crippen LogP) is 5.18. The summed E-state index contributed by atoms with van der Waals surface area (Å²) in [6.07, 6.45) is 19.4. The first-order valence-corrected chi connectivity index (χ1v) is 17.5. The minimum Gasteiger partial charge on any atom is -0.380 e. The van der Waals surface area contributed by atoms with Gasteiger partial charge in [0.05, 0.1) is 68.5 Å². The van der Waals surface area contributed by atoms with Gasteiger partial charge in [0, 0.05) is 26.4 Å².